The average molecular weight is 481 g/mol. The number of carboxylic acid groups (broad SMARTS) is 2. The van der Waals surface area contributed by atoms with Gasteiger partial charge in [0, 0.05) is 33.2 Å². The Morgan fingerprint density at radius 2 is 1.79 bits per heavy atom. The van der Waals surface area contributed by atoms with E-state index in [4.69, 9.17) is 14.6 Å². The van der Waals surface area contributed by atoms with E-state index >= 15 is 0 Å². The molecule has 0 aromatic heterocycles. The molecule has 1 unspecified atom stereocenters. The highest BCUT2D eigenvalue weighted by molar-refractivity contribution is 6.71. The van der Waals surface area contributed by atoms with E-state index in [1.807, 2.05) is 6.92 Å². The van der Waals surface area contributed by atoms with Crippen molar-refractivity contribution >= 4 is 32.1 Å². The van der Waals surface area contributed by atoms with Crippen molar-refractivity contribution in [1.29, 1.82) is 0 Å². The van der Waals surface area contributed by atoms with Crippen molar-refractivity contribution in [2.45, 2.75) is 51.7 Å². The van der Waals surface area contributed by atoms with E-state index in [0.717, 1.165) is 25.3 Å². The second-order valence-electron chi connectivity index (χ2n) is 8.61. The third-order valence-electron chi connectivity index (χ3n) is 5.54. The smallest absolute Gasteiger partial charge is 0.336 e. The molecule has 2 rings (SSSR count). The molecule has 1 aromatic rings. The van der Waals surface area contributed by atoms with Gasteiger partial charge in [-0.15, -0.1) is 0 Å². The highest BCUT2D eigenvalue weighted by Gasteiger charge is 2.34. The molecule has 9 nitrogen and oxygen atoms in total. The molecule has 3 N–H and O–H groups in total. The summed E-state index contributed by atoms with van der Waals surface area (Å²) in [5.41, 5.74) is 0.252. The lowest BCUT2D eigenvalue weighted by molar-refractivity contribution is -0.141. The van der Waals surface area contributed by atoms with Gasteiger partial charge in [0.15, 0.2) is 8.32 Å². The number of aliphatic carboxylic acids is 1. The molecule has 1 aliphatic heterocycles. The average Bonchev–Trinajstić information content (AvgIpc) is 3.15. The molecule has 1 aliphatic rings. The summed E-state index contributed by atoms with van der Waals surface area (Å²) < 4.78 is 5.43. The van der Waals surface area contributed by atoms with Crippen LogP contribution < -0.4 is 5.32 Å². The highest BCUT2D eigenvalue weighted by Crippen LogP contribution is 2.20. The van der Waals surface area contributed by atoms with E-state index in [0.29, 0.717) is 19.6 Å². The van der Waals surface area contributed by atoms with Crippen LogP contribution in [0.2, 0.25) is 19.1 Å². The number of rotatable bonds is 11. The van der Waals surface area contributed by atoms with E-state index in [9.17, 15) is 19.2 Å². The summed E-state index contributed by atoms with van der Waals surface area (Å²) in [5, 5.41) is 20.4. The van der Waals surface area contributed by atoms with Crippen LogP contribution in [0.3, 0.4) is 0 Å². The minimum absolute atomic E-state index is 0.0331. The fourth-order valence-electron chi connectivity index (χ4n) is 3.29. The van der Waals surface area contributed by atoms with Gasteiger partial charge in [-0.3, -0.25) is 14.4 Å². The lowest BCUT2D eigenvalue weighted by Gasteiger charge is -2.22. The number of carbonyl (C=O) groups is 4. The Hall–Kier alpha value is -2.72. The Bertz CT molecular complexity index is 829. The molecule has 1 aromatic carbocycles. The molecule has 1 fully saturated rings. The van der Waals surface area contributed by atoms with E-state index < -0.39 is 26.2 Å². The van der Waals surface area contributed by atoms with Crippen LogP contribution >= 0.6 is 0 Å². The van der Waals surface area contributed by atoms with Gasteiger partial charge in [0.1, 0.15) is 0 Å². The fraction of sp³-hybridized carbons (Fsp3) is 0.565. The third-order valence-corrected chi connectivity index (χ3v) is 8.20. The van der Waals surface area contributed by atoms with Crippen molar-refractivity contribution in [2.75, 3.05) is 26.7 Å². The number of hydrogen-bond acceptors (Lipinski definition) is 5. The molecule has 0 spiro atoms. The quantitative estimate of drug-likeness (QED) is 0.327. The summed E-state index contributed by atoms with van der Waals surface area (Å²) in [6.45, 7) is 7.89. The van der Waals surface area contributed by atoms with Gasteiger partial charge in [-0.25, -0.2) is 4.79 Å². The molecule has 0 aliphatic carbocycles. The molecule has 33 heavy (non-hydrogen) atoms. The van der Waals surface area contributed by atoms with E-state index in [-0.39, 0.29) is 29.4 Å². The summed E-state index contributed by atoms with van der Waals surface area (Å²) >= 11 is 0. The fourth-order valence-corrected chi connectivity index (χ4v) is 4.51. The Morgan fingerprint density at radius 1 is 1.15 bits per heavy atom. The van der Waals surface area contributed by atoms with E-state index in [1.54, 1.807) is 24.1 Å². The van der Waals surface area contributed by atoms with Gasteiger partial charge < -0.3 is 24.9 Å². The molecule has 1 heterocycles. The summed E-state index contributed by atoms with van der Waals surface area (Å²) in [6, 6.07) is 7.19. The number of carbonyl (C=O) groups excluding carboxylic acids is 2. The third kappa shape index (κ3) is 9.75. The van der Waals surface area contributed by atoms with Gasteiger partial charge in [0.2, 0.25) is 5.91 Å². The minimum Gasteiger partial charge on any atom is -0.481 e. The molecule has 0 bridgehead atoms. The predicted molar refractivity (Wildman–Crippen MR) is 127 cm³/mol. The summed E-state index contributed by atoms with van der Waals surface area (Å²) in [5.74, 6) is -2.83. The van der Waals surface area contributed by atoms with Crippen molar-refractivity contribution in [3.05, 3.63) is 35.4 Å². The van der Waals surface area contributed by atoms with Gasteiger partial charge >= 0.3 is 11.9 Å². The number of likely N-dealkylation sites (tertiary alicyclic amines) is 1. The topological polar surface area (TPSA) is 133 Å². The number of unbranched alkanes of at least 4 members (excludes halogenated alkanes) is 1. The van der Waals surface area contributed by atoms with Gasteiger partial charge in [-0.05, 0) is 44.1 Å². The number of nitrogens with zero attached hydrogens (tertiary/aromatic N) is 1. The number of hydrogen-bond donors (Lipinski definition) is 3. The summed E-state index contributed by atoms with van der Waals surface area (Å²) in [4.78, 5) is 46.5. The Balaban J connectivity index is 0.000000331. The van der Waals surface area contributed by atoms with Crippen molar-refractivity contribution in [2.24, 2.45) is 5.92 Å². The maximum atomic E-state index is 11.7. The minimum atomic E-state index is -1.56. The second-order valence-corrected chi connectivity index (χ2v) is 13.0. The zero-order chi connectivity index (χ0) is 25.0. The molecule has 184 valence electrons. The number of aromatic carboxylic acids is 1. The lowest BCUT2D eigenvalue weighted by atomic mass is 10.1. The van der Waals surface area contributed by atoms with Gasteiger partial charge in [-0.1, -0.05) is 25.5 Å². The number of amides is 2. The van der Waals surface area contributed by atoms with Crippen molar-refractivity contribution in [1.82, 2.24) is 10.2 Å². The zero-order valence-electron chi connectivity index (χ0n) is 19.9. The Kier molecular flexibility index (Phi) is 11.8. The molecule has 1 saturated heterocycles. The zero-order valence-corrected chi connectivity index (χ0v) is 20.9. The monoisotopic (exact) mass is 480 g/mol. The van der Waals surface area contributed by atoms with Crippen molar-refractivity contribution in [3.63, 3.8) is 0 Å². The van der Waals surface area contributed by atoms with Crippen LogP contribution in [0.1, 0.15) is 53.3 Å². The standard InChI is InChI=1S/C12H15NO3.C11H21NO4Si/c1-2-3-8-13-11(14)9-6-4-5-7-10(9)12(15)16;1-16-17(2,3)6-4-5-12-8-9(11(14)15)7-10(12)13/h4-7H,2-3,8H2,1H3,(H,13,14)(H,15,16);9H,4-8H2,1-3H3,(H,14,15). The highest BCUT2D eigenvalue weighted by atomic mass is 28.4. The van der Waals surface area contributed by atoms with Crippen LogP contribution in [0.4, 0.5) is 0 Å². The Labute approximate surface area is 196 Å². The second kappa shape index (κ2) is 13.7. The molecule has 0 saturated carbocycles. The molecule has 10 heteroatoms. The van der Waals surface area contributed by atoms with Crippen LogP contribution in [0.25, 0.3) is 0 Å². The molecule has 0 radical (unpaired) electrons. The lowest BCUT2D eigenvalue weighted by Crippen LogP contribution is -2.32. The maximum Gasteiger partial charge on any atom is 0.336 e. The predicted octanol–water partition coefficient (Wildman–Crippen LogP) is 3.08. The number of benzene rings is 1. The number of carboxylic acids is 2. The largest absolute Gasteiger partial charge is 0.481 e. The van der Waals surface area contributed by atoms with Gasteiger partial charge in [-0.2, -0.15) is 0 Å². The normalized spacial score (nSPS) is 15.6. The first-order valence-electron chi connectivity index (χ1n) is 11.2. The number of nitrogens with one attached hydrogen (secondary N) is 1. The molecular weight excluding hydrogens is 444 g/mol. The van der Waals surface area contributed by atoms with E-state index in [1.165, 1.54) is 12.1 Å². The first kappa shape index (κ1) is 28.3. The molecular formula is C23H36N2O7Si. The molecule has 2 amide bonds. The first-order chi connectivity index (χ1) is 15.5. The Morgan fingerprint density at radius 3 is 2.30 bits per heavy atom. The molecule has 1 atom stereocenters. The van der Waals surface area contributed by atoms with E-state index in [2.05, 4.69) is 18.4 Å². The van der Waals surface area contributed by atoms with Crippen molar-refractivity contribution in [3.8, 4) is 0 Å². The van der Waals surface area contributed by atoms with Crippen molar-refractivity contribution < 1.29 is 33.8 Å². The summed E-state index contributed by atoms with van der Waals surface area (Å²) in [6.07, 6.45) is 2.92. The van der Waals surface area contributed by atoms with Crippen LogP contribution in [-0.4, -0.2) is 73.9 Å². The van der Waals surface area contributed by atoms with Crippen LogP contribution in [0.5, 0.6) is 0 Å². The van der Waals surface area contributed by atoms with Crippen LogP contribution in [-0.2, 0) is 14.0 Å². The van der Waals surface area contributed by atoms with Gasteiger partial charge in [0.25, 0.3) is 5.91 Å². The van der Waals surface area contributed by atoms with Crippen LogP contribution in [0.15, 0.2) is 24.3 Å². The van der Waals surface area contributed by atoms with Crippen LogP contribution in [0, 0.1) is 5.92 Å². The summed E-state index contributed by atoms with van der Waals surface area (Å²) in [7, 11) is 0.166. The first-order valence-corrected chi connectivity index (χ1v) is 14.3. The maximum absolute atomic E-state index is 11.7. The SMILES string of the molecule is CCCCNC(=O)c1ccccc1C(=O)O.CO[Si](C)(C)CCCN1CC(C(=O)O)CC1=O. The van der Waals surface area contributed by atoms with Gasteiger partial charge in [0.05, 0.1) is 17.0 Å².